The van der Waals surface area contributed by atoms with Crippen molar-refractivity contribution < 1.29 is 9.90 Å². The third kappa shape index (κ3) is 4.56. The molecule has 2 aromatic carbocycles. The zero-order valence-electron chi connectivity index (χ0n) is 20.2. The van der Waals surface area contributed by atoms with Crippen LogP contribution in [-0.4, -0.2) is 65.1 Å². The Morgan fingerprint density at radius 2 is 2.00 bits per heavy atom. The third-order valence-electron chi connectivity index (χ3n) is 7.30. The van der Waals surface area contributed by atoms with Crippen molar-refractivity contribution in [2.45, 2.75) is 50.7 Å². The average molecular weight is 470 g/mol. The Bertz CT molecular complexity index is 1230. The van der Waals surface area contributed by atoms with E-state index in [1.807, 2.05) is 36.2 Å². The van der Waals surface area contributed by atoms with E-state index in [1.54, 1.807) is 6.34 Å². The molecule has 0 radical (unpaired) electrons. The van der Waals surface area contributed by atoms with E-state index in [9.17, 15) is 9.90 Å². The number of carboxylic acid groups (broad SMARTS) is 1. The molecule has 3 aliphatic rings. The lowest BCUT2D eigenvalue weighted by atomic mass is 9.86. The predicted octanol–water partition coefficient (Wildman–Crippen LogP) is 4.59. The number of rotatable bonds is 5. The smallest absolute Gasteiger partial charge is 0.320 e. The minimum Gasteiger partial charge on any atom is -0.480 e. The van der Waals surface area contributed by atoms with Crippen LogP contribution in [0, 0.1) is 6.92 Å². The second kappa shape index (κ2) is 9.58. The van der Waals surface area contributed by atoms with Crippen LogP contribution in [0.4, 0.5) is 5.69 Å². The molecule has 0 amide bonds. The lowest BCUT2D eigenvalue weighted by Crippen LogP contribution is -2.51. The van der Waals surface area contributed by atoms with E-state index in [0.29, 0.717) is 13.0 Å². The average Bonchev–Trinajstić information content (AvgIpc) is 2.87. The molecule has 7 heteroatoms. The van der Waals surface area contributed by atoms with E-state index in [4.69, 9.17) is 4.99 Å². The minimum absolute atomic E-state index is 0.201. The third-order valence-corrected chi connectivity index (χ3v) is 7.30. The first-order chi connectivity index (χ1) is 17.0. The second-order valence-electron chi connectivity index (χ2n) is 9.62. The molecule has 0 spiro atoms. The number of carbonyl (C=O) groups is 1. The Morgan fingerprint density at radius 1 is 1.17 bits per heavy atom. The maximum Gasteiger partial charge on any atom is 0.320 e. The van der Waals surface area contributed by atoms with Crippen LogP contribution in [0.3, 0.4) is 0 Å². The van der Waals surface area contributed by atoms with Crippen LogP contribution >= 0.6 is 0 Å². The van der Waals surface area contributed by atoms with Gasteiger partial charge in [-0.15, -0.1) is 0 Å². The SMILES string of the molecule is Cc1c(NC2=NC=NC3C=C(CN4CCCCC4C(=O)O)C=NC23C)cccc1-c1ccccc1. The number of aliphatic carboxylic acids is 1. The number of hydrogen-bond donors (Lipinski definition) is 2. The van der Waals surface area contributed by atoms with Gasteiger partial charge < -0.3 is 10.4 Å². The summed E-state index contributed by atoms with van der Waals surface area (Å²) in [6.45, 7) is 5.52. The number of dihydropyridines is 1. The number of likely N-dealkylation sites (tertiary alicyclic amines) is 1. The van der Waals surface area contributed by atoms with Crippen LogP contribution in [-0.2, 0) is 4.79 Å². The predicted molar refractivity (Wildman–Crippen MR) is 142 cm³/mol. The van der Waals surface area contributed by atoms with Crippen molar-refractivity contribution in [2.75, 3.05) is 18.4 Å². The molecule has 2 N–H and O–H groups in total. The number of fused-ring (bicyclic) bond motifs is 1. The highest BCUT2D eigenvalue weighted by Gasteiger charge is 2.42. The number of nitrogens with one attached hydrogen (secondary N) is 1. The summed E-state index contributed by atoms with van der Waals surface area (Å²) >= 11 is 0. The summed E-state index contributed by atoms with van der Waals surface area (Å²) in [5.41, 5.74) is 4.83. The van der Waals surface area contributed by atoms with E-state index in [-0.39, 0.29) is 6.04 Å². The minimum atomic E-state index is -0.745. The van der Waals surface area contributed by atoms with Crippen LogP contribution in [0.5, 0.6) is 0 Å². The molecule has 3 aliphatic heterocycles. The summed E-state index contributed by atoms with van der Waals surface area (Å²) in [6.07, 6.45) is 8.26. The van der Waals surface area contributed by atoms with E-state index < -0.39 is 17.6 Å². The normalized spacial score (nSPS) is 26.0. The van der Waals surface area contributed by atoms with Gasteiger partial charge in [-0.3, -0.25) is 19.7 Å². The molecule has 35 heavy (non-hydrogen) atoms. The number of benzene rings is 2. The molecule has 1 fully saturated rings. The molecule has 0 saturated carbocycles. The van der Waals surface area contributed by atoms with E-state index in [2.05, 4.69) is 58.6 Å². The monoisotopic (exact) mass is 469 g/mol. The number of nitrogens with zero attached hydrogens (tertiary/aromatic N) is 4. The largest absolute Gasteiger partial charge is 0.480 e. The standard InChI is InChI=1S/C28H31N5O2/c1-19-22(21-9-4-3-5-10-21)11-8-12-23(19)32-27-28(2)25(29-18-30-27)15-20(16-31-28)17-33-14-7-6-13-24(33)26(34)35/h3-5,8-12,15-16,18,24-25H,6-7,13-14,17H2,1-2H3,(H,34,35)(H,29,30,32). The van der Waals surface area contributed by atoms with Crippen LogP contribution in [0.1, 0.15) is 31.7 Å². The number of hydrogen-bond acceptors (Lipinski definition) is 6. The van der Waals surface area contributed by atoms with Gasteiger partial charge in [0.25, 0.3) is 0 Å². The Labute approximate surface area is 206 Å². The van der Waals surface area contributed by atoms with Gasteiger partial charge in [0, 0.05) is 18.4 Å². The number of anilines is 1. The van der Waals surface area contributed by atoms with Gasteiger partial charge in [-0.25, -0.2) is 4.99 Å². The van der Waals surface area contributed by atoms with Crippen molar-refractivity contribution in [1.82, 2.24) is 4.90 Å². The summed E-state index contributed by atoms with van der Waals surface area (Å²) in [7, 11) is 0. The van der Waals surface area contributed by atoms with Crippen molar-refractivity contribution in [2.24, 2.45) is 15.0 Å². The summed E-state index contributed by atoms with van der Waals surface area (Å²) in [5.74, 6) is 0.00374. The Kier molecular flexibility index (Phi) is 6.34. The molecular weight excluding hydrogens is 438 g/mol. The molecule has 5 rings (SSSR count). The maximum atomic E-state index is 11.7. The van der Waals surface area contributed by atoms with Crippen molar-refractivity contribution >= 4 is 30.0 Å². The Hall–Kier alpha value is -3.58. The van der Waals surface area contributed by atoms with Crippen molar-refractivity contribution in [3.8, 4) is 11.1 Å². The van der Waals surface area contributed by atoms with Crippen molar-refractivity contribution in [3.05, 3.63) is 65.7 Å². The fourth-order valence-electron chi connectivity index (χ4n) is 5.16. The zero-order chi connectivity index (χ0) is 24.4. The zero-order valence-corrected chi connectivity index (χ0v) is 20.2. The van der Waals surface area contributed by atoms with E-state index in [1.165, 1.54) is 11.1 Å². The molecule has 0 bridgehead atoms. The first-order valence-corrected chi connectivity index (χ1v) is 12.2. The number of piperidine rings is 1. The van der Waals surface area contributed by atoms with Gasteiger partial charge in [-0.05, 0) is 61.6 Å². The first-order valence-electron chi connectivity index (χ1n) is 12.2. The highest BCUT2D eigenvalue weighted by Crippen LogP contribution is 2.33. The van der Waals surface area contributed by atoms with Crippen LogP contribution in [0.25, 0.3) is 11.1 Å². The van der Waals surface area contributed by atoms with Gasteiger partial charge in [0.1, 0.15) is 29.8 Å². The van der Waals surface area contributed by atoms with Crippen LogP contribution in [0.2, 0.25) is 0 Å². The van der Waals surface area contributed by atoms with E-state index >= 15 is 0 Å². The number of aliphatic imine (C=N–C) groups is 3. The van der Waals surface area contributed by atoms with Crippen LogP contribution < -0.4 is 5.32 Å². The fourth-order valence-corrected chi connectivity index (χ4v) is 5.16. The van der Waals surface area contributed by atoms with Crippen molar-refractivity contribution in [1.29, 1.82) is 0 Å². The number of amidine groups is 1. The lowest BCUT2D eigenvalue weighted by Gasteiger charge is -2.38. The van der Waals surface area contributed by atoms with Gasteiger partial charge >= 0.3 is 5.97 Å². The first kappa shape index (κ1) is 23.2. The summed E-state index contributed by atoms with van der Waals surface area (Å²) in [5, 5.41) is 13.2. The molecule has 180 valence electrons. The second-order valence-corrected chi connectivity index (χ2v) is 9.62. The molecule has 0 aromatic heterocycles. The van der Waals surface area contributed by atoms with Crippen molar-refractivity contribution in [3.63, 3.8) is 0 Å². The molecule has 7 nitrogen and oxygen atoms in total. The molecule has 3 heterocycles. The Morgan fingerprint density at radius 3 is 2.80 bits per heavy atom. The summed E-state index contributed by atoms with van der Waals surface area (Å²) in [6, 6.07) is 16.0. The molecule has 1 saturated heterocycles. The van der Waals surface area contributed by atoms with Gasteiger partial charge in [-0.1, -0.05) is 55.0 Å². The molecule has 3 unspecified atom stereocenters. The topological polar surface area (TPSA) is 89.7 Å². The van der Waals surface area contributed by atoms with Gasteiger partial charge in [0.2, 0.25) is 0 Å². The van der Waals surface area contributed by atoms with Gasteiger partial charge in [0.15, 0.2) is 0 Å². The number of carboxylic acids is 1. The summed E-state index contributed by atoms with van der Waals surface area (Å²) in [4.78, 5) is 27.9. The van der Waals surface area contributed by atoms with Gasteiger partial charge in [0.05, 0.1) is 0 Å². The Balaban J connectivity index is 1.36. The maximum absolute atomic E-state index is 11.7. The fraction of sp³-hybridized carbons (Fsp3) is 0.357. The van der Waals surface area contributed by atoms with Crippen LogP contribution in [0.15, 0.2) is 75.2 Å². The molecule has 3 atom stereocenters. The summed E-state index contributed by atoms with van der Waals surface area (Å²) < 4.78 is 0. The molecule has 2 aromatic rings. The highest BCUT2D eigenvalue weighted by atomic mass is 16.4. The highest BCUT2D eigenvalue weighted by molar-refractivity contribution is 6.09. The molecule has 0 aliphatic carbocycles. The quantitative estimate of drug-likeness (QED) is 0.670. The van der Waals surface area contributed by atoms with Gasteiger partial charge in [-0.2, -0.15) is 0 Å². The molecular formula is C28H31N5O2. The lowest BCUT2D eigenvalue weighted by molar-refractivity contribution is -0.144. The van der Waals surface area contributed by atoms with E-state index in [0.717, 1.165) is 42.0 Å².